The van der Waals surface area contributed by atoms with Gasteiger partial charge in [-0.15, -0.1) is 0 Å². The number of rotatable bonds is 0. The lowest BCUT2D eigenvalue weighted by Crippen LogP contribution is -1.87. The topological polar surface area (TPSA) is 0 Å². The van der Waals surface area contributed by atoms with Gasteiger partial charge in [0.05, 0.1) is 0 Å². The lowest BCUT2D eigenvalue weighted by atomic mass is 10.1. The summed E-state index contributed by atoms with van der Waals surface area (Å²) in [7, 11) is 0. The van der Waals surface area contributed by atoms with Gasteiger partial charge in [0.15, 0.2) is 0 Å². The van der Waals surface area contributed by atoms with Crippen molar-refractivity contribution < 1.29 is 4.39 Å². The molecular formula is C9H7BrClF. The molecular weight excluding hydrogens is 242 g/mol. The number of hydrogen-bond donors (Lipinski definition) is 0. The second-order valence-corrected chi connectivity index (χ2v) is 4.48. The fourth-order valence-corrected chi connectivity index (χ4v) is 2.88. The van der Waals surface area contributed by atoms with Gasteiger partial charge in [0, 0.05) is 9.85 Å². The molecule has 0 unspecified atom stereocenters. The van der Waals surface area contributed by atoms with Crippen LogP contribution in [-0.4, -0.2) is 0 Å². The maximum absolute atomic E-state index is 12.9. The van der Waals surface area contributed by atoms with Gasteiger partial charge in [-0.05, 0) is 36.1 Å². The molecule has 1 atom stereocenters. The van der Waals surface area contributed by atoms with Gasteiger partial charge in [0.1, 0.15) is 5.82 Å². The van der Waals surface area contributed by atoms with Crippen molar-refractivity contribution >= 4 is 27.5 Å². The average Bonchev–Trinajstić information content (AvgIpc) is 2.31. The maximum Gasteiger partial charge on any atom is 0.124 e. The fraction of sp³-hybridized carbons (Fsp3) is 0.333. The predicted molar refractivity (Wildman–Crippen MR) is 51.4 cm³/mol. The normalized spacial score (nSPS) is 21.1. The summed E-state index contributed by atoms with van der Waals surface area (Å²) in [6.45, 7) is 0. The Morgan fingerprint density at radius 3 is 3.00 bits per heavy atom. The Morgan fingerprint density at radius 1 is 1.50 bits per heavy atom. The van der Waals surface area contributed by atoms with Crippen molar-refractivity contribution in [2.75, 3.05) is 0 Å². The van der Waals surface area contributed by atoms with Crippen LogP contribution >= 0.6 is 27.5 Å². The molecule has 2 rings (SSSR count). The van der Waals surface area contributed by atoms with Crippen LogP contribution in [0.1, 0.15) is 22.4 Å². The SMILES string of the molecule is Fc1cc(Cl)c2c(c1)CC[C@H]2Br. The van der Waals surface area contributed by atoms with Crippen LogP contribution in [0.5, 0.6) is 0 Å². The number of hydrogen-bond acceptors (Lipinski definition) is 0. The minimum atomic E-state index is -0.236. The average molecular weight is 250 g/mol. The standard InChI is InChI=1S/C9H7BrClF/c10-7-2-1-5-3-6(12)4-8(11)9(5)7/h3-4,7H,1-2H2/t7-/m1/s1. The quantitative estimate of drug-likeness (QED) is 0.613. The maximum atomic E-state index is 12.9. The van der Waals surface area contributed by atoms with Crippen molar-refractivity contribution in [3.63, 3.8) is 0 Å². The van der Waals surface area contributed by atoms with Gasteiger partial charge in [0.25, 0.3) is 0 Å². The van der Waals surface area contributed by atoms with Crippen molar-refractivity contribution in [1.29, 1.82) is 0 Å². The van der Waals surface area contributed by atoms with Crippen molar-refractivity contribution in [2.24, 2.45) is 0 Å². The highest BCUT2D eigenvalue weighted by Crippen LogP contribution is 2.41. The summed E-state index contributed by atoms with van der Waals surface area (Å²) >= 11 is 9.41. The molecule has 0 saturated carbocycles. The number of fused-ring (bicyclic) bond motifs is 1. The molecule has 0 aliphatic heterocycles. The molecule has 12 heavy (non-hydrogen) atoms. The molecule has 0 aromatic heterocycles. The zero-order valence-corrected chi connectivity index (χ0v) is 8.62. The van der Waals surface area contributed by atoms with E-state index in [0.717, 1.165) is 24.0 Å². The first-order valence-electron chi connectivity index (χ1n) is 3.80. The second kappa shape index (κ2) is 3.00. The Balaban J connectivity index is 2.60. The first kappa shape index (κ1) is 8.52. The zero-order chi connectivity index (χ0) is 8.72. The van der Waals surface area contributed by atoms with E-state index in [-0.39, 0.29) is 5.82 Å². The second-order valence-electron chi connectivity index (χ2n) is 2.97. The van der Waals surface area contributed by atoms with E-state index in [2.05, 4.69) is 15.9 Å². The summed E-state index contributed by atoms with van der Waals surface area (Å²) < 4.78 is 12.9. The van der Waals surface area contributed by atoms with E-state index in [0.29, 0.717) is 9.85 Å². The van der Waals surface area contributed by atoms with Gasteiger partial charge < -0.3 is 0 Å². The molecule has 0 nitrogen and oxygen atoms in total. The zero-order valence-electron chi connectivity index (χ0n) is 6.28. The van der Waals surface area contributed by atoms with E-state index >= 15 is 0 Å². The first-order valence-corrected chi connectivity index (χ1v) is 5.09. The third-order valence-corrected chi connectivity index (χ3v) is 3.39. The number of alkyl halides is 1. The van der Waals surface area contributed by atoms with E-state index in [9.17, 15) is 4.39 Å². The monoisotopic (exact) mass is 248 g/mol. The summed E-state index contributed by atoms with van der Waals surface area (Å²) in [5, 5.41) is 0.546. The Hall–Kier alpha value is -0.0800. The smallest absolute Gasteiger partial charge is 0.124 e. The van der Waals surface area contributed by atoms with Gasteiger partial charge in [-0.25, -0.2) is 4.39 Å². The lowest BCUT2D eigenvalue weighted by molar-refractivity contribution is 0.626. The molecule has 0 heterocycles. The molecule has 0 amide bonds. The Morgan fingerprint density at radius 2 is 2.25 bits per heavy atom. The Labute approximate surface area is 83.9 Å². The van der Waals surface area contributed by atoms with E-state index in [1.807, 2.05) is 0 Å². The van der Waals surface area contributed by atoms with Crippen molar-refractivity contribution in [3.8, 4) is 0 Å². The molecule has 0 fully saturated rings. The summed E-state index contributed by atoms with van der Waals surface area (Å²) in [6.07, 6.45) is 1.93. The first-order chi connectivity index (χ1) is 5.68. The molecule has 0 radical (unpaired) electrons. The minimum Gasteiger partial charge on any atom is -0.207 e. The lowest BCUT2D eigenvalue weighted by Gasteiger charge is -2.05. The number of benzene rings is 1. The molecule has 1 aromatic rings. The van der Waals surface area contributed by atoms with Gasteiger partial charge in [0.2, 0.25) is 0 Å². The van der Waals surface area contributed by atoms with Crippen LogP contribution in [0.3, 0.4) is 0 Å². The van der Waals surface area contributed by atoms with Crippen LogP contribution in [0.2, 0.25) is 5.02 Å². The van der Waals surface area contributed by atoms with Crippen LogP contribution in [0.15, 0.2) is 12.1 Å². The molecule has 0 N–H and O–H groups in total. The van der Waals surface area contributed by atoms with Gasteiger partial charge in [-0.1, -0.05) is 27.5 Å². The molecule has 1 aliphatic carbocycles. The van der Waals surface area contributed by atoms with Gasteiger partial charge in [-0.3, -0.25) is 0 Å². The number of halogens is 3. The van der Waals surface area contributed by atoms with Crippen molar-refractivity contribution in [3.05, 3.63) is 34.1 Å². The highest BCUT2D eigenvalue weighted by atomic mass is 79.9. The van der Waals surface area contributed by atoms with Crippen LogP contribution in [0.25, 0.3) is 0 Å². The fourth-order valence-electron chi connectivity index (χ4n) is 1.62. The Kier molecular flexibility index (Phi) is 2.13. The highest BCUT2D eigenvalue weighted by molar-refractivity contribution is 9.09. The molecule has 0 bridgehead atoms. The molecule has 0 saturated heterocycles. The summed E-state index contributed by atoms with van der Waals surface area (Å²) in [5.74, 6) is -0.236. The van der Waals surface area contributed by atoms with E-state index in [1.54, 1.807) is 6.07 Å². The van der Waals surface area contributed by atoms with Crippen LogP contribution in [0.4, 0.5) is 4.39 Å². The summed E-state index contributed by atoms with van der Waals surface area (Å²) in [4.78, 5) is 0.306. The van der Waals surface area contributed by atoms with Crippen molar-refractivity contribution in [1.82, 2.24) is 0 Å². The van der Waals surface area contributed by atoms with E-state index in [1.165, 1.54) is 6.07 Å². The third-order valence-electron chi connectivity index (χ3n) is 2.16. The predicted octanol–water partition coefficient (Wildman–Crippen LogP) is 3.86. The van der Waals surface area contributed by atoms with E-state index in [4.69, 9.17) is 11.6 Å². The molecule has 1 aromatic carbocycles. The molecule has 64 valence electrons. The van der Waals surface area contributed by atoms with Gasteiger partial charge >= 0.3 is 0 Å². The van der Waals surface area contributed by atoms with Crippen molar-refractivity contribution in [2.45, 2.75) is 17.7 Å². The highest BCUT2D eigenvalue weighted by Gasteiger charge is 2.23. The van der Waals surface area contributed by atoms with Crippen LogP contribution in [0, 0.1) is 5.82 Å². The largest absolute Gasteiger partial charge is 0.207 e. The van der Waals surface area contributed by atoms with Crippen LogP contribution < -0.4 is 0 Å². The van der Waals surface area contributed by atoms with E-state index < -0.39 is 0 Å². The van der Waals surface area contributed by atoms with Crippen LogP contribution in [-0.2, 0) is 6.42 Å². The third kappa shape index (κ3) is 1.27. The molecule has 0 spiro atoms. The number of aryl methyl sites for hydroxylation is 1. The minimum absolute atomic E-state index is 0.236. The molecule has 1 aliphatic rings. The Bertz CT molecular complexity index is 325. The summed E-state index contributed by atoms with van der Waals surface area (Å²) in [6, 6.07) is 2.95. The summed E-state index contributed by atoms with van der Waals surface area (Å²) in [5.41, 5.74) is 2.11. The molecule has 3 heteroatoms. The van der Waals surface area contributed by atoms with Gasteiger partial charge in [-0.2, -0.15) is 0 Å².